The van der Waals surface area contributed by atoms with Crippen LogP contribution in [0.2, 0.25) is 0 Å². The lowest BCUT2D eigenvalue weighted by Gasteiger charge is -2.20. The molecule has 0 aromatic heterocycles. The van der Waals surface area contributed by atoms with E-state index < -0.39 is 16.4 Å². The van der Waals surface area contributed by atoms with Gasteiger partial charge < -0.3 is 4.74 Å². The van der Waals surface area contributed by atoms with E-state index in [1.165, 1.54) is 6.07 Å². The number of rotatable bonds is 8. The summed E-state index contributed by atoms with van der Waals surface area (Å²) >= 11 is 0. The first kappa shape index (κ1) is 17.0. The van der Waals surface area contributed by atoms with Crippen molar-refractivity contribution >= 4 is 11.7 Å². The molecule has 0 saturated carbocycles. The largest absolute Gasteiger partial charge is 0.465 e. The summed E-state index contributed by atoms with van der Waals surface area (Å²) in [5, 5.41) is 10.6. The summed E-state index contributed by atoms with van der Waals surface area (Å²) in [5.74, 6) is -1.21. The fourth-order valence-electron chi connectivity index (χ4n) is 1.97. The number of nitro groups is 1. The van der Waals surface area contributed by atoms with Crippen LogP contribution in [0.15, 0.2) is 18.2 Å². The molecule has 7 heteroatoms. The number of hydrogen-bond donors (Lipinski definition) is 0. The molecule has 0 amide bonds. The molecule has 0 aliphatic heterocycles. The van der Waals surface area contributed by atoms with Crippen LogP contribution in [0.4, 0.5) is 10.1 Å². The summed E-state index contributed by atoms with van der Waals surface area (Å²) in [6.45, 7) is 5.10. The number of halogens is 1. The highest BCUT2D eigenvalue weighted by atomic mass is 19.1. The van der Waals surface area contributed by atoms with Crippen LogP contribution in [-0.4, -0.2) is 35.5 Å². The summed E-state index contributed by atoms with van der Waals surface area (Å²) < 4.78 is 18.5. The van der Waals surface area contributed by atoms with Crippen molar-refractivity contribution in [3.05, 3.63) is 39.7 Å². The monoisotopic (exact) mass is 298 g/mol. The van der Waals surface area contributed by atoms with Crippen LogP contribution in [0.3, 0.4) is 0 Å². The zero-order valence-electron chi connectivity index (χ0n) is 12.2. The Morgan fingerprint density at radius 3 is 2.67 bits per heavy atom. The van der Waals surface area contributed by atoms with Gasteiger partial charge in [-0.3, -0.25) is 19.8 Å². The third kappa shape index (κ3) is 5.47. The van der Waals surface area contributed by atoms with E-state index >= 15 is 0 Å². The van der Waals surface area contributed by atoms with Gasteiger partial charge in [0.05, 0.1) is 18.1 Å². The zero-order valence-corrected chi connectivity index (χ0v) is 12.2. The van der Waals surface area contributed by atoms with Gasteiger partial charge >= 0.3 is 11.7 Å². The molecule has 21 heavy (non-hydrogen) atoms. The third-order valence-electron chi connectivity index (χ3n) is 2.81. The van der Waals surface area contributed by atoms with Gasteiger partial charge in [-0.05, 0) is 31.5 Å². The van der Waals surface area contributed by atoms with Crippen molar-refractivity contribution in [3.63, 3.8) is 0 Å². The van der Waals surface area contributed by atoms with Gasteiger partial charge in [-0.25, -0.2) is 0 Å². The van der Waals surface area contributed by atoms with Gasteiger partial charge in [0.1, 0.15) is 0 Å². The predicted molar refractivity (Wildman–Crippen MR) is 75.3 cm³/mol. The first-order valence-corrected chi connectivity index (χ1v) is 6.78. The molecule has 0 aliphatic rings. The van der Waals surface area contributed by atoms with Gasteiger partial charge in [0.2, 0.25) is 5.82 Å². The number of ether oxygens (including phenoxy) is 1. The Bertz CT molecular complexity index is 508. The molecule has 1 rings (SSSR count). The quantitative estimate of drug-likeness (QED) is 0.419. The Hall–Kier alpha value is -2.02. The minimum absolute atomic E-state index is 0.111. The van der Waals surface area contributed by atoms with E-state index in [2.05, 4.69) is 0 Å². The lowest BCUT2D eigenvalue weighted by molar-refractivity contribution is -0.387. The molecule has 0 bridgehead atoms. The highest BCUT2D eigenvalue weighted by Crippen LogP contribution is 2.19. The van der Waals surface area contributed by atoms with Crippen LogP contribution < -0.4 is 0 Å². The molecule has 0 heterocycles. The van der Waals surface area contributed by atoms with Crippen LogP contribution in [0.5, 0.6) is 0 Å². The highest BCUT2D eigenvalue weighted by Gasteiger charge is 2.16. The Kier molecular flexibility index (Phi) is 6.74. The van der Waals surface area contributed by atoms with E-state index in [-0.39, 0.29) is 12.5 Å². The van der Waals surface area contributed by atoms with Crippen molar-refractivity contribution < 1.29 is 18.8 Å². The maximum absolute atomic E-state index is 13.6. The number of carbonyl (C=O) groups is 1. The highest BCUT2D eigenvalue weighted by molar-refractivity contribution is 5.71. The van der Waals surface area contributed by atoms with Crippen molar-refractivity contribution in [3.8, 4) is 0 Å². The van der Waals surface area contributed by atoms with Gasteiger partial charge in [-0.1, -0.05) is 13.0 Å². The second-order valence-corrected chi connectivity index (χ2v) is 4.56. The molecule has 0 aliphatic carbocycles. The van der Waals surface area contributed by atoms with Crippen molar-refractivity contribution in [2.75, 3.05) is 19.7 Å². The second-order valence-electron chi connectivity index (χ2n) is 4.56. The summed E-state index contributed by atoms with van der Waals surface area (Å²) in [4.78, 5) is 23.1. The van der Waals surface area contributed by atoms with Gasteiger partial charge in [0.25, 0.3) is 0 Å². The summed E-state index contributed by atoms with van der Waals surface area (Å²) in [6.07, 6.45) is 0.828. The molecule has 6 nitrogen and oxygen atoms in total. The molecule has 0 N–H and O–H groups in total. The number of nitrogens with zero attached hydrogens (tertiary/aromatic N) is 2. The van der Waals surface area contributed by atoms with Crippen LogP contribution in [-0.2, 0) is 16.1 Å². The van der Waals surface area contributed by atoms with E-state index in [4.69, 9.17) is 4.74 Å². The normalized spacial score (nSPS) is 10.7. The van der Waals surface area contributed by atoms with Crippen molar-refractivity contribution in [2.24, 2.45) is 0 Å². The Balaban J connectivity index is 2.76. The first-order valence-electron chi connectivity index (χ1n) is 6.78. The van der Waals surface area contributed by atoms with Crippen LogP contribution in [0.25, 0.3) is 0 Å². The number of hydrogen-bond acceptors (Lipinski definition) is 5. The standard InChI is InChI=1S/C14H19FN2O4/c1-3-7-16(10-14(18)21-4-2)9-11-5-6-13(17(19)20)12(15)8-11/h5-6,8H,3-4,7,9-10H2,1-2H3. The number of esters is 1. The van der Waals surface area contributed by atoms with Gasteiger partial charge in [0.15, 0.2) is 0 Å². The summed E-state index contributed by atoms with van der Waals surface area (Å²) in [5.41, 5.74) is 0.0297. The van der Waals surface area contributed by atoms with Crippen LogP contribution in [0.1, 0.15) is 25.8 Å². The number of benzene rings is 1. The molecule has 1 aromatic carbocycles. The third-order valence-corrected chi connectivity index (χ3v) is 2.81. The Labute approximate surface area is 122 Å². The summed E-state index contributed by atoms with van der Waals surface area (Å²) in [6, 6.07) is 3.76. The zero-order chi connectivity index (χ0) is 15.8. The lowest BCUT2D eigenvalue weighted by atomic mass is 10.2. The number of nitro benzene ring substituents is 1. The molecular weight excluding hydrogens is 279 g/mol. The van der Waals surface area contributed by atoms with E-state index in [1.54, 1.807) is 6.92 Å². The van der Waals surface area contributed by atoms with Crippen LogP contribution in [0, 0.1) is 15.9 Å². The average molecular weight is 298 g/mol. The van der Waals surface area contributed by atoms with E-state index in [0.717, 1.165) is 18.6 Å². The van der Waals surface area contributed by atoms with Gasteiger partial charge in [-0.2, -0.15) is 4.39 Å². The SMILES string of the molecule is CCCN(CC(=O)OCC)Cc1ccc([N+](=O)[O-])c(F)c1. The molecular formula is C14H19FN2O4. The van der Waals surface area contributed by atoms with E-state index in [9.17, 15) is 19.3 Å². The summed E-state index contributed by atoms with van der Waals surface area (Å²) in [7, 11) is 0. The molecule has 116 valence electrons. The predicted octanol–water partition coefficient (Wildman–Crippen LogP) is 2.51. The molecule has 0 saturated heterocycles. The first-order chi connectivity index (χ1) is 9.97. The number of carbonyl (C=O) groups excluding carboxylic acids is 1. The Morgan fingerprint density at radius 1 is 1.43 bits per heavy atom. The van der Waals surface area contributed by atoms with Crippen LogP contribution >= 0.6 is 0 Å². The Morgan fingerprint density at radius 2 is 2.14 bits per heavy atom. The fourth-order valence-corrected chi connectivity index (χ4v) is 1.97. The smallest absolute Gasteiger partial charge is 0.320 e. The van der Waals surface area contributed by atoms with E-state index in [1.807, 2.05) is 11.8 Å². The molecule has 0 unspecified atom stereocenters. The molecule has 0 spiro atoms. The van der Waals surface area contributed by atoms with Gasteiger partial charge in [-0.15, -0.1) is 0 Å². The topological polar surface area (TPSA) is 72.7 Å². The molecule has 1 aromatic rings. The van der Waals surface area contributed by atoms with Gasteiger partial charge in [0, 0.05) is 12.6 Å². The minimum Gasteiger partial charge on any atom is -0.465 e. The molecule has 0 radical (unpaired) electrons. The maximum Gasteiger partial charge on any atom is 0.320 e. The minimum atomic E-state index is -0.870. The van der Waals surface area contributed by atoms with Crippen molar-refractivity contribution in [2.45, 2.75) is 26.8 Å². The second kappa shape index (κ2) is 8.31. The van der Waals surface area contributed by atoms with Crippen molar-refractivity contribution in [1.82, 2.24) is 4.90 Å². The molecule has 0 atom stereocenters. The van der Waals surface area contributed by atoms with Crippen molar-refractivity contribution in [1.29, 1.82) is 0 Å². The van der Waals surface area contributed by atoms with E-state index in [0.29, 0.717) is 25.3 Å². The maximum atomic E-state index is 13.6. The molecule has 0 fully saturated rings. The fraction of sp³-hybridized carbons (Fsp3) is 0.500. The lowest BCUT2D eigenvalue weighted by Crippen LogP contribution is -2.31. The average Bonchev–Trinajstić information content (AvgIpc) is 2.38.